The summed E-state index contributed by atoms with van der Waals surface area (Å²) in [4.78, 5) is 20.1. The van der Waals surface area contributed by atoms with Crippen LogP contribution in [0, 0.1) is 0 Å². The fourth-order valence-corrected chi connectivity index (χ4v) is 4.37. The first-order valence-corrected chi connectivity index (χ1v) is 11.8. The van der Waals surface area contributed by atoms with Crippen molar-refractivity contribution in [2.45, 2.75) is 39.3 Å². The topological polar surface area (TPSA) is 36.0 Å². The average Bonchev–Trinajstić information content (AvgIpc) is 3.63. The molecular weight excluding hydrogens is 410 g/mol. The molecule has 2 aliphatic rings. The molecule has 2 aromatic carbocycles. The Morgan fingerprint density at radius 2 is 1.81 bits per heavy atom. The van der Waals surface area contributed by atoms with Crippen LogP contribution in [-0.4, -0.2) is 65.9 Å². The molecule has 1 saturated carbocycles. The van der Waals surface area contributed by atoms with Crippen LogP contribution in [0.2, 0.25) is 5.02 Å². The molecular formula is C25H32ClN3O2. The molecule has 6 heteroatoms. The number of halogens is 1. The van der Waals surface area contributed by atoms with Gasteiger partial charge in [0, 0.05) is 54.9 Å². The van der Waals surface area contributed by atoms with Gasteiger partial charge < -0.3 is 9.64 Å². The Hall–Kier alpha value is -2.08. The van der Waals surface area contributed by atoms with E-state index in [-0.39, 0.29) is 5.91 Å². The molecule has 0 atom stereocenters. The fraction of sp³-hybridized carbons (Fsp3) is 0.480. The molecule has 1 heterocycles. The van der Waals surface area contributed by atoms with Crippen LogP contribution < -0.4 is 4.74 Å². The third-order valence-corrected chi connectivity index (χ3v) is 6.52. The number of nitrogens with zero attached hydrogens (tertiary/aromatic N) is 3. The summed E-state index contributed by atoms with van der Waals surface area (Å²) in [5.74, 6) is 1.58. The van der Waals surface area contributed by atoms with Gasteiger partial charge in [0.2, 0.25) is 0 Å². The first kappa shape index (κ1) is 22.1. The molecule has 4 rings (SSSR count). The first-order chi connectivity index (χ1) is 15.1. The van der Waals surface area contributed by atoms with E-state index >= 15 is 0 Å². The third-order valence-electron chi connectivity index (χ3n) is 6.28. The number of benzene rings is 2. The van der Waals surface area contributed by atoms with Crippen molar-refractivity contribution >= 4 is 17.5 Å². The summed E-state index contributed by atoms with van der Waals surface area (Å²) < 4.78 is 6.17. The quantitative estimate of drug-likeness (QED) is 0.584. The number of hydrogen-bond donors (Lipinski definition) is 0. The Balaban J connectivity index is 1.53. The Morgan fingerprint density at radius 3 is 2.45 bits per heavy atom. The number of rotatable bonds is 8. The van der Waals surface area contributed by atoms with Gasteiger partial charge in [0.05, 0.1) is 0 Å². The van der Waals surface area contributed by atoms with Crippen molar-refractivity contribution in [1.29, 1.82) is 0 Å². The zero-order chi connectivity index (χ0) is 21.8. The molecule has 0 aromatic heterocycles. The van der Waals surface area contributed by atoms with E-state index < -0.39 is 0 Å². The smallest absolute Gasteiger partial charge is 0.253 e. The molecule has 31 heavy (non-hydrogen) atoms. The van der Waals surface area contributed by atoms with E-state index in [0.29, 0.717) is 10.8 Å². The van der Waals surface area contributed by atoms with Gasteiger partial charge in [-0.25, -0.2) is 0 Å². The molecule has 0 radical (unpaired) electrons. The SMILES string of the molecule is CCN(CC)Cc1cc(C(=O)N2CCN(C3CC3)CC2)ccc1Oc1cccc(Cl)c1. The number of hydrogen-bond acceptors (Lipinski definition) is 4. The number of amides is 1. The Kier molecular flexibility index (Phi) is 7.16. The summed E-state index contributed by atoms with van der Waals surface area (Å²) in [5, 5.41) is 0.639. The summed E-state index contributed by atoms with van der Waals surface area (Å²) in [6, 6.07) is 14.0. The minimum atomic E-state index is 0.116. The monoisotopic (exact) mass is 441 g/mol. The van der Waals surface area contributed by atoms with Gasteiger partial charge in [0.25, 0.3) is 5.91 Å². The van der Waals surface area contributed by atoms with Crippen LogP contribution >= 0.6 is 11.6 Å². The van der Waals surface area contributed by atoms with Gasteiger partial charge >= 0.3 is 0 Å². The minimum Gasteiger partial charge on any atom is -0.457 e. The van der Waals surface area contributed by atoms with E-state index in [1.54, 1.807) is 6.07 Å². The van der Waals surface area contributed by atoms with Crippen molar-refractivity contribution in [3.63, 3.8) is 0 Å². The molecule has 0 N–H and O–H groups in total. The second-order valence-corrected chi connectivity index (χ2v) is 8.84. The summed E-state index contributed by atoms with van der Waals surface area (Å²) in [6.45, 7) is 10.5. The summed E-state index contributed by atoms with van der Waals surface area (Å²) >= 11 is 6.12. The Bertz CT molecular complexity index is 903. The number of carbonyl (C=O) groups is 1. The van der Waals surface area contributed by atoms with Gasteiger partial charge in [-0.2, -0.15) is 0 Å². The van der Waals surface area contributed by atoms with Crippen LogP contribution in [0.3, 0.4) is 0 Å². The van der Waals surface area contributed by atoms with Crippen molar-refractivity contribution in [1.82, 2.24) is 14.7 Å². The third kappa shape index (κ3) is 5.59. The lowest BCUT2D eigenvalue weighted by molar-refractivity contribution is 0.0627. The second kappa shape index (κ2) is 10.0. The van der Waals surface area contributed by atoms with Crippen molar-refractivity contribution in [3.8, 4) is 11.5 Å². The van der Waals surface area contributed by atoms with Gasteiger partial charge in [-0.1, -0.05) is 31.5 Å². The number of piperazine rings is 1. The van der Waals surface area contributed by atoms with E-state index in [0.717, 1.165) is 68.7 Å². The highest BCUT2D eigenvalue weighted by Crippen LogP contribution is 2.30. The molecule has 0 spiro atoms. The van der Waals surface area contributed by atoms with E-state index in [4.69, 9.17) is 16.3 Å². The van der Waals surface area contributed by atoms with Crippen LogP contribution in [0.1, 0.15) is 42.6 Å². The molecule has 1 amide bonds. The molecule has 0 bridgehead atoms. The van der Waals surface area contributed by atoms with Crippen molar-refractivity contribution in [2.24, 2.45) is 0 Å². The van der Waals surface area contributed by atoms with Gasteiger partial charge in [-0.15, -0.1) is 0 Å². The molecule has 1 saturated heterocycles. The van der Waals surface area contributed by atoms with E-state index in [9.17, 15) is 4.79 Å². The van der Waals surface area contributed by atoms with Crippen molar-refractivity contribution in [3.05, 3.63) is 58.6 Å². The van der Waals surface area contributed by atoms with E-state index in [1.165, 1.54) is 12.8 Å². The average molecular weight is 442 g/mol. The molecule has 166 valence electrons. The van der Waals surface area contributed by atoms with Crippen molar-refractivity contribution in [2.75, 3.05) is 39.3 Å². The maximum absolute atomic E-state index is 13.2. The number of ether oxygens (including phenoxy) is 1. The second-order valence-electron chi connectivity index (χ2n) is 8.40. The van der Waals surface area contributed by atoms with Gasteiger partial charge in [-0.3, -0.25) is 14.6 Å². The summed E-state index contributed by atoms with van der Waals surface area (Å²) in [6.07, 6.45) is 2.63. The fourth-order valence-electron chi connectivity index (χ4n) is 4.19. The zero-order valence-electron chi connectivity index (χ0n) is 18.5. The molecule has 2 aromatic rings. The maximum atomic E-state index is 13.2. The van der Waals surface area contributed by atoms with E-state index in [1.807, 2.05) is 41.3 Å². The normalized spacial score (nSPS) is 17.2. The molecule has 0 unspecified atom stereocenters. The van der Waals surface area contributed by atoms with Crippen LogP contribution in [-0.2, 0) is 6.54 Å². The van der Waals surface area contributed by atoms with E-state index in [2.05, 4.69) is 23.6 Å². The standard InChI is InChI=1S/C25H32ClN3O2/c1-3-27(4-2)18-20-16-19(8-11-24(20)31-23-7-5-6-21(26)17-23)25(30)29-14-12-28(13-15-29)22-9-10-22/h5-8,11,16-17,22H,3-4,9-10,12-15,18H2,1-2H3. The highest BCUT2D eigenvalue weighted by atomic mass is 35.5. The first-order valence-electron chi connectivity index (χ1n) is 11.4. The van der Waals surface area contributed by atoms with Crippen LogP contribution in [0.15, 0.2) is 42.5 Å². The predicted octanol–water partition coefficient (Wildman–Crippen LogP) is 4.89. The summed E-state index contributed by atoms with van der Waals surface area (Å²) in [7, 11) is 0. The molecule has 1 aliphatic heterocycles. The Labute approximate surface area is 190 Å². The highest BCUT2D eigenvalue weighted by Gasteiger charge is 2.32. The van der Waals surface area contributed by atoms with Crippen molar-refractivity contribution < 1.29 is 9.53 Å². The molecule has 2 fully saturated rings. The predicted molar refractivity (Wildman–Crippen MR) is 125 cm³/mol. The lowest BCUT2D eigenvalue weighted by Gasteiger charge is -2.35. The van der Waals surface area contributed by atoms with Crippen LogP contribution in [0.4, 0.5) is 0 Å². The zero-order valence-corrected chi connectivity index (χ0v) is 19.3. The van der Waals surface area contributed by atoms with Gasteiger partial charge in [-0.05, 0) is 62.3 Å². The highest BCUT2D eigenvalue weighted by molar-refractivity contribution is 6.30. The lowest BCUT2D eigenvalue weighted by atomic mass is 10.1. The van der Waals surface area contributed by atoms with Gasteiger partial charge in [0.15, 0.2) is 0 Å². The number of carbonyl (C=O) groups excluding carboxylic acids is 1. The van der Waals surface area contributed by atoms with Crippen LogP contribution in [0.5, 0.6) is 11.5 Å². The lowest BCUT2D eigenvalue weighted by Crippen LogP contribution is -2.49. The largest absolute Gasteiger partial charge is 0.457 e. The van der Waals surface area contributed by atoms with Crippen LogP contribution in [0.25, 0.3) is 0 Å². The Morgan fingerprint density at radius 1 is 1.06 bits per heavy atom. The molecule has 1 aliphatic carbocycles. The summed E-state index contributed by atoms with van der Waals surface area (Å²) in [5.41, 5.74) is 1.76. The van der Waals surface area contributed by atoms with Gasteiger partial charge in [0.1, 0.15) is 11.5 Å². The maximum Gasteiger partial charge on any atom is 0.253 e. The molecule has 5 nitrogen and oxygen atoms in total. The minimum absolute atomic E-state index is 0.116.